The molecule has 6 nitrogen and oxygen atoms in total. The second kappa shape index (κ2) is 10.0. The summed E-state index contributed by atoms with van der Waals surface area (Å²) in [6.45, 7) is 4.17. The molecule has 1 N–H and O–H groups in total. The Kier molecular flexibility index (Phi) is 7.42. The van der Waals surface area contributed by atoms with Gasteiger partial charge >= 0.3 is 0 Å². The van der Waals surface area contributed by atoms with Crippen LogP contribution in [0.5, 0.6) is 0 Å². The van der Waals surface area contributed by atoms with Crippen molar-refractivity contribution >= 4 is 22.9 Å². The molecule has 0 aliphatic rings. The number of hydrogen-bond acceptors (Lipinski definition) is 4. The summed E-state index contributed by atoms with van der Waals surface area (Å²) in [4.78, 5) is 12.2. The van der Waals surface area contributed by atoms with E-state index in [1.54, 1.807) is 6.08 Å². The van der Waals surface area contributed by atoms with E-state index >= 15 is 0 Å². The van der Waals surface area contributed by atoms with E-state index in [2.05, 4.69) is 11.4 Å². The molecule has 1 heterocycles. The zero-order valence-corrected chi connectivity index (χ0v) is 14.9. The van der Waals surface area contributed by atoms with E-state index in [9.17, 15) is 10.1 Å². The van der Waals surface area contributed by atoms with Gasteiger partial charge in [-0.3, -0.25) is 4.79 Å². The zero-order chi connectivity index (χ0) is 18.8. The molecule has 26 heavy (non-hydrogen) atoms. The Bertz CT molecular complexity index is 868. The number of aryl methyl sites for hydroxylation is 1. The monoisotopic (exact) mass is 350 g/mol. The summed E-state index contributed by atoms with van der Waals surface area (Å²) in [5.74, 6) is -0.391. The zero-order valence-electron chi connectivity index (χ0n) is 14.9. The van der Waals surface area contributed by atoms with E-state index < -0.39 is 5.91 Å². The molecule has 2 rings (SSSR count). The highest BCUT2D eigenvalue weighted by atomic mass is 16.5. The van der Waals surface area contributed by atoms with Crippen LogP contribution < -0.4 is 5.32 Å². The minimum atomic E-state index is -0.391. The van der Waals surface area contributed by atoms with Crippen LogP contribution in [-0.2, 0) is 16.1 Å². The van der Waals surface area contributed by atoms with Crippen molar-refractivity contribution in [3.8, 4) is 12.1 Å². The van der Waals surface area contributed by atoms with Crippen molar-refractivity contribution in [2.75, 3.05) is 19.8 Å². The topological polar surface area (TPSA) is 90.8 Å². The number of aromatic nitrogens is 1. The first-order valence-electron chi connectivity index (χ1n) is 8.63. The lowest BCUT2D eigenvalue weighted by Crippen LogP contribution is -2.26. The fourth-order valence-electron chi connectivity index (χ4n) is 2.67. The van der Waals surface area contributed by atoms with Gasteiger partial charge in [0.25, 0.3) is 5.91 Å². The molecule has 2 aromatic rings. The fourth-order valence-corrected chi connectivity index (χ4v) is 2.67. The maximum absolute atomic E-state index is 12.2. The number of ether oxygens (including phenoxy) is 1. The van der Waals surface area contributed by atoms with Crippen molar-refractivity contribution < 1.29 is 9.53 Å². The number of benzene rings is 1. The minimum Gasteiger partial charge on any atom is -0.382 e. The Hall–Kier alpha value is -3.09. The average molecular weight is 350 g/mol. The minimum absolute atomic E-state index is 0.0598. The summed E-state index contributed by atoms with van der Waals surface area (Å²) in [5, 5.41) is 21.9. The molecule has 6 heteroatoms. The van der Waals surface area contributed by atoms with Crippen molar-refractivity contribution in [3.05, 3.63) is 41.6 Å². The highest BCUT2D eigenvalue weighted by Gasteiger charge is 2.12. The van der Waals surface area contributed by atoms with Gasteiger partial charge in [0.15, 0.2) is 0 Å². The van der Waals surface area contributed by atoms with Gasteiger partial charge in [-0.1, -0.05) is 18.2 Å². The van der Waals surface area contributed by atoms with E-state index in [-0.39, 0.29) is 5.57 Å². The number of nitrogens with one attached hydrogen (secondary N) is 1. The Morgan fingerprint density at radius 3 is 2.88 bits per heavy atom. The molecule has 1 amide bonds. The lowest BCUT2D eigenvalue weighted by Gasteiger charge is -2.04. The SMILES string of the molecule is CCOCCCNC(=O)/C(C#N)=C/c1cn(CCC#N)c2ccccc12. The van der Waals surface area contributed by atoms with Gasteiger partial charge in [-0.05, 0) is 25.5 Å². The predicted molar refractivity (Wildman–Crippen MR) is 99.9 cm³/mol. The second-order valence-electron chi connectivity index (χ2n) is 5.68. The van der Waals surface area contributed by atoms with Crippen molar-refractivity contribution in [2.45, 2.75) is 26.3 Å². The van der Waals surface area contributed by atoms with Crippen LogP contribution in [0.25, 0.3) is 17.0 Å². The van der Waals surface area contributed by atoms with Crippen LogP contribution >= 0.6 is 0 Å². The number of hydrogen-bond donors (Lipinski definition) is 1. The molecule has 0 saturated carbocycles. The number of para-hydroxylation sites is 1. The summed E-state index contributed by atoms with van der Waals surface area (Å²) in [6, 6.07) is 11.9. The van der Waals surface area contributed by atoms with Crippen molar-refractivity contribution in [1.29, 1.82) is 10.5 Å². The maximum Gasteiger partial charge on any atom is 0.261 e. The van der Waals surface area contributed by atoms with Crippen molar-refractivity contribution in [3.63, 3.8) is 0 Å². The summed E-state index contributed by atoms with van der Waals surface area (Å²) >= 11 is 0. The third-order valence-electron chi connectivity index (χ3n) is 3.90. The average Bonchev–Trinajstić information content (AvgIpc) is 3.01. The van der Waals surface area contributed by atoms with Gasteiger partial charge in [0, 0.05) is 49.0 Å². The van der Waals surface area contributed by atoms with E-state index in [1.807, 2.05) is 48.0 Å². The van der Waals surface area contributed by atoms with Gasteiger partial charge in [-0.25, -0.2) is 0 Å². The molecular formula is C20H22N4O2. The lowest BCUT2D eigenvalue weighted by atomic mass is 10.1. The number of nitriles is 2. The van der Waals surface area contributed by atoms with Crippen LogP contribution in [0, 0.1) is 22.7 Å². The van der Waals surface area contributed by atoms with E-state index in [1.165, 1.54) is 0 Å². The third kappa shape index (κ3) is 4.95. The number of carbonyl (C=O) groups excluding carboxylic acids is 1. The van der Waals surface area contributed by atoms with Gasteiger partial charge in [0.2, 0.25) is 0 Å². The van der Waals surface area contributed by atoms with E-state index in [0.717, 1.165) is 16.5 Å². The Labute approximate surface area is 153 Å². The van der Waals surface area contributed by atoms with Gasteiger partial charge in [-0.15, -0.1) is 0 Å². The van der Waals surface area contributed by atoms with Gasteiger partial charge in [-0.2, -0.15) is 10.5 Å². The Balaban J connectivity index is 2.19. The molecule has 0 bridgehead atoms. The van der Waals surface area contributed by atoms with Crippen LogP contribution in [0.3, 0.4) is 0 Å². The number of rotatable bonds is 9. The molecule has 0 aliphatic heterocycles. The summed E-state index contributed by atoms with van der Waals surface area (Å²) in [7, 11) is 0. The molecule has 0 radical (unpaired) electrons. The molecule has 0 unspecified atom stereocenters. The largest absolute Gasteiger partial charge is 0.382 e. The lowest BCUT2D eigenvalue weighted by molar-refractivity contribution is -0.117. The molecule has 134 valence electrons. The molecule has 1 aromatic heterocycles. The molecule has 0 fully saturated rings. The van der Waals surface area contributed by atoms with Gasteiger partial charge in [0.1, 0.15) is 11.6 Å². The molecule has 0 saturated heterocycles. The van der Waals surface area contributed by atoms with Crippen LogP contribution in [-0.4, -0.2) is 30.2 Å². The number of amides is 1. The summed E-state index contributed by atoms with van der Waals surface area (Å²) < 4.78 is 7.20. The van der Waals surface area contributed by atoms with Crippen molar-refractivity contribution in [1.82, 2.24) is 9.88 Å². The molecule has 0 spiro atoms. The molecule has 0 atom stereocenters. The van der Waals surface area contributed by atoms with Gasteiger partial charge in [0.05, 0.1) is 12.5 Å². The Morgan fingerprint density at radius 1 is 1.35 bits per heavy atom. The molecule has 0 aliphatic carbocycles. The van der Waals surface area contributed by atoms with E-state index in [4.69, 9.17) is 10.00 Å². The quantitative estimate of drug-likeness (QED) is 0.427. The molecular weight excluding hydrogens is 328 g/mol. The van der Waals surface area contributed by atoms with Crippen LogP contribution in [0.4, 0.5) is 0 Å². The van der Waals surface area contributed by atoms with Crippen molar-refractivity contribution in [2.24, 2.45) is 0 Å². The first-order valence-corrected chi connectivity index (χ1v) is 8.63. The second-order valence-corrected chi connectivity index (χ2v) is 5.68. The Morgan fingerprint density at radius 2 is 2.15 bits per heavy atom. The smallest absolute Gasteiger partial charge is 0.261 e. The highest BCUT2D eigenvalue weighted by molar-refractivity contribution is 6.04. The van der Waals surface area contributed by atoms with E-state index in [0.29, 0.717) is 39.1 Å². The first-order chi connectivity index (χ1) is 12.7. The normalized spacial score (nSPS) is 11.1. The predicted octanol–water partition coefficient (Wildman–Crippen LogP) is 3.00. The van der Waals surface area contributed by atoms with Crippen LogP contribution in [0.1, 0.15) is 25.3 Å². The summed E-state index contributed by atoms with van der Waals surface area (Å²) in [6.07, 6.45) is 4.57. The number of fused-ring (bicyclic) bond motifs is 1. The highest BCUT2D eigenvalue weighted by Crippen LogP contribution is 2.24. The fraction of sp³-hybridized carbons (Fsp3) is 0.350. The summed E-state index contributed by atoms with van der Waals surface area (Å²) in [5.41, 5.74) is 1.83. The maximum atomic E-state index is 12.2. The third-order valence-corrected chi connectivity index (χ3v) is 3.90. The number of nitrogens with zero attached hydrogens (tertiary/aromatic N) is 3. The standard InChI is InChI=1S/C20H22N4O2/c1-2-26-12-6-10-23-20(25)16(14-22)13-17-15-24(11-5-9-21)19-8-4-3-7-18(17)19/h3-4,7-8,13,15H,2,5-6,10-12H2,1H3,(H,23,25)/b16-13+. The molecule has 1 aromatic carbocycles. The van der Waals surface area contributed by atoms with Gasteiger partial charge < -0.3 is 14.6 Å². The number of carbonyl (C=O) groups is 1. The van der Waals surface area contributed by atoms with Crippen LogP contribution in [0.2, 0.25) is 0 Å². The van der Waals surface area contributed by atoms with Crippen LogP contribution in [0.15, 0.2) is 36.0 Å². The first kappa shape index (κ1) is 19.2.